The molecule has 2 N–H and O–H groups in total. The maximum atomic E-state index is 5.97. The van der Waals surface area contributed by atoms with Crippen LogP contribution in [0.25, 0.3) is 10.9 Å². The fourth-order valence-corrected chi connectivity index (χ4v) is 2.61. The first kappa shape index (κ1) is 13.4. The molecule has 3 nitrogen and oxygen atoms in total. The summed E-state index contributed by atoms with van der Waals surface area (Å²) in [6.45, 7) is 4.73. The van der Waals surface area contributed by atoms with Gasteiger partial charge in [-0.15, -0.1) is 0 Å². The SMILES string of the molecule is Cc1cc(C)cc(COc2ccc(N)c3ncccc23)c1. The first-order valence-electron chi connectivity index (χ1n) is 6.96. The molecule has 3 aromatic rings. The van der Waals surface area contributed by atoms with Gasteiger partial charge in [-0.05, 0) is 43.7 Å². The van der Waals surface area contributed by atoms with Gasteiger partial charge in [0.25, 0.3) is 0 Å². The second kappa shape index (κ2) is 5.44. The normalized spacial score (nSPS) is 10.8. The average Bonchev–Trinajstić information content (AvgIpc) is 2.46. The van der Waals surface area contributed by atoms with Gasteiger partial charge in [0.05, 0.1) is 11.2 Å². The number of nitrogens with zero attached hydrogens (tertiary/aromatic N) is 1. The average molecular weight is 278 g/mol. The van der Waals surface area contributed by atoms with Crippen LogP contribution in [-0.2, 0) is 6.61 Å². The Morgan fingerprint density at radius 3 is 2.57 bits per heavy atom. The summed E-state index contributed by atoms with van der Waals surface area (Å²) in [6, 6.07) is 14.1. The van der Waals surface area contributed by atoms with Crippen LogP contribution in [0, 0.1) is 13.8 Å². The predicted molar refractivity (Wildman–Crippen MR) is 86.4 cm³/mol. The van der Waals surface area contributed by atoms with Crippen molar-refractivity contribution in [3.8, 4) is 5.75 Å². The molecule has 0 aliphatic rings. The highest BCUT2D eigenvalue weighted by Gasteiger charge is 2.06. The summed E-state index contributed by atoms with van der Waals surface area (Å²) >= 11 is 0. The van der Waals surface area contributed by atoms with Crippen molar-refractivity contribution in [1.29, 1.82) is 0 Å². The monoisotopic (exact) mass is 278 g/mol. The number of nitrogens with two attached hydrogens (primary N) is 1. The summed E-state index contributed by atoms with van der Waals surface area (Å²) in [6.07, 6.45) is 1.74. The van der Waals surface area contributed by atoms with Crippen molar-refractivity contribution in [3.63, 3.8) is 0 Å². The van der Waals surface area contributed by atoms with Crippen molar-refractivity contribution in [2.45, 2.75) is 20.5 Å². The van der Waals surface area contributed by atoms with E-state index in [1.807, 2.05) is 24.3 Å². The van der Waals surface area contributed by atoms with Crippen LogP contribution in [0.1, 0.15) is 16.7 Å². The third-order valence-electron chi connectivity index (χ3n) is 3.44. The summed E-state index contributed by atoms with van der Waals surface area (Å²) in [5, 5.41) is 0.946. The molecule has 106 valence electrons. The molecule has 0 bridgehead atoms. The Bertz CT molecular complexity index is 776. The molecule has 0 atom stereocenters. The van der Waals surface area contributed by atoms with Crippen molar-refractivity contribution in [3.05, 3.63) is 65.4 Å². The minimum Gasteiger partial charge on any atom is -0.488 e. The molecular weight excluding hydrogens is 260 g/mol. The van der Waals surface area contributed by atoms with Gasteiger partial charge in [0, 0.05) is 11.6 Å². The highest BCUT2D eigenvalue weighted by atomic mass is 16.5. The smallest absolute Gasteiger partial charge is 0.129 e. The van der Waals surface area contributed by atoms with Crippen LogP contribution in [0.3, 0.4) is 0 Å². The largest absolute Gasteiger partial charge is 0.488 e. The third-order valence-corrected chi connectivity index (χ3v) is 3.44. The van der Waals surface area contributed by atoms with E-state index in [1.54, 1.807) is 6.20 Å². The minimum atomic E-state index is 0.538. The molecule has 0 aliphatic carbocycles. The molecule has 3 heteroatoms. The standard InChI is InChI=1S/C18H18N2O/c1-12-8-13(2)10-14(9-12)11-21-17-6-5-16(19)18-15(17)4-3-7-20-18/h3-10H,11,19H2,1-2H3. The maximum Gasteiger partial charge on any atom is 0.129 e. The van der Waals surface area contributed by atoms with E-state index in [2.05, 4.69) is 37.0 Å². The highest BCUT2D eigenvalue weighted by Crippen LogP contribution is 2.29. The lowest BCUT2D eigenvalue weighted by atomic mass is 10.1. The molecule has 0 saturated heterocycles. The van der Waals surface area contributed by atoms with Crippen LogP contribution in [-0.4, -0.2) is 4.98 Å². The van der Waals surface area contributed by atoms with E-state index in [0.29, 0.717) is 12.3 Å². The van der Waals surface area contributed by atoms with Gasteiger partial charge in [0.1, 0.15) is 12.4 Å². The van der Waals surface area contributed by atoms with E-state index in [0.717, 1.165) is 16.7 Å². The molecule has 1 aromatic heterocycles. The molecule has 0 saturated carbocycles. The van der Waals surface area contributed by atoms with Crippen molar-refractivity contribution in [2.75, 3.05) is 5.73 Å². The van der Waals surface area contributed by atoms with Gasteiger partial charge in [-0.1, -0.05) is 29.3 Å². The van der Waals surface area contributed by atoms with Crippen molar-refractivity contribution in [2.24, 2.45) is 0 Å². The Morgan fingerprint density at radius 1 is 1.05 bits per heavy atom. The third kappa shape index (κ3) is 2.82. The maximum absolute atomic E-state index is 5.97. The van der Waals surface area contributed by atoms with Gasteiger partial charge in [0.2, 0.25) is 0 Å². The number of hydrogen-bond acceptors (Lipinski definition) is 3. The lowest BCUT2D eigenvalue weighted by Crippen LogP contribution is -1.98. The van der Waals surface area contributed by atoms with E-state index >= 15 is 0 Å². The molecule has 21 heavy (non-hydrogen) atoms. The minimum absolute atomic E-state index is 0.538. The quantitative estimate of drug-likeness (QED) is 0.736. The first-order chi connectivity index (χ1) is 10.1. The Balaban J connectivity index is 1.90. The van der Waals surface area contributed by atoms with Crippen LogP contribution in [0.15, 0.2) is 48.7 Å². The topological polar surface area (TPSA) is 48.1 Å². The Hall–Kier alpha value is -2.55. The summed E-state index contributed by atoms with van der Waals surface area (Å²) < 4.78 is 5.97. The van der Waals surface area contributed by atoms with E-state index in [4.69, 9.17) is 10.5 Å². The fraction of sp³-hybridized carbons (Fsp3) is 0.167. The highest BCUT2D eigenvalue weighted by molar-refractivity contribution is 5.93. The van der Waals surface area contributed by atoms with Crippen LogP contribution >= 0.6 is 0 Å². The fourth-order valence-electron chi connectivity index (χ4n) is 2.61. The van der Waals surface area contributed by atoms with Crippen LogP contribution in [0.4, 0.5) is 5.69 Å². The zero-order valence-electron chi connectivity index (χ0n) is 12.3. The number of aromatic nitrogens is 1. The van der Waals surface area contributed by atoms with Crippen LogP contribution in [0.5, 0.6) is 5.75 Å². The van der Waals surface area contributed by atoms with Gasteiger partial charge < -0.3 is 10.5 Å². The molecule has 1 heterocycles. The number of ether oxygens (including phenoxy) is 1. The molecule has 3 rings (SSSR count). The zero-order chi connectivity index (χ0) is 14.8. The first-order valence-corrected chi connectivity index (χ1v) is 6.96. The van der Waals surface area contributed by atoms with Crippen molar-refractivity contribution >= 4 is 16.6 Å². The number of benzene rings is 2. The molecule has 0 unspecified atom stereocenters. The van der Waals surface area contributed by atoms with Gasteiger partial charge >= 0.3 is 0 Å². The number of rotatable bonds is 3. The van der Waals surface area contributed by atoms with Gasteiger partial charge in [-0.25, -0.2) is 0 Å². The van der Waals surface area contributed by atoms with E-state index in [-0.39, 0.29) is 0 Å². The molecule has 2 aromatic carbocycles. The van der Waals surface area contributed by atoms with Gasteiger partial charge in [0.15, 0.2) is 0 Å². The molecule has 0 fully saturated rings. The predicted octanol–water partition coefficient (Wildman–Crippen LogP) is 4.01. The van der Waals surface area contributed by atoms with E-state index < -0.39 is 0 Å². The van der Waals surface area contributed by atoms with E-state index in [1.165, 1.54) is 16.7 Å². The number of aryl methyl sites for hydroxylation is 2. The van der Waals surface area contributed by atoms with Gasteiger partial charge in [-0.3, -0.25) is 4.98 Å². The second-order valence-electron chi connectivity index (χ2n) is 5.34. The summed E-state index contributed by atoms with van der Waals surface area (Å²) in [7, 11) is 0. The van der Waals surface area contributed by atoms with Gasteiger partial charge in [-0.2, -0.15) is 0 Å². The van der Waals surface area contributed by atoms with E-state index in [9.17, 15) is 0 Å². The lowest BCUT2D eigenvalue weighted by molar-refractivity contribution is 0.310. The Labute approximate surface area is 124 Å². The zero-order valence-corrected chi connectivity index (χ0v) is 12.3. The molecule has 0 spiro atoms. The molecular formula is C18H18N2O. The summed E-state index contributed by atoms with van der Waals surface area (Å²) in [4.78, 5) is 4.32. The number of pyridine rings is 1. The summed E-state index contributed by atoms with van der Waals surface area (Å²) in [5.74, 6) is 0.812. The summed E-state index contributed by atoms with van der Waals surface area (Å²) in [5.41, 5.74) is 11.1. The number of hydrogen-bond donors (Lipinski definition) is 1. The van der Waals surface area contributed by atoms with Crippen LogP contribution < -0.4 is 10.5 Å². The number of anilines is 1. The second-order valence-corrected chi connectivity index (χ2v) is 5.34. The number of fused-ring (bicyclic) bond motifs is 1. The molecule has 0 aliphatic heterocycles. The molecule has 0 radical (unpaired) electrons. The molecule has 0 amide bonds. The van der Waals surface area contributed by atoms with Crippen molar-refractivity contribution < 1.29 is 4.74 Å². The lowest BCUT2D eigenvalue weighted by Gasteiger charge is -2.11. The van der Waals surface area contributed by atoms with Crippen molar-refractivity contribution in [1.82, 2.24) is 4.98 Å². The Kier molecular flexibility index (Phi) is 3.48. The Morgan fingerprint density at radius 2 is 1.81 bits per heavy atom. The van der Waals surface area contributed by atoms with Crippen LogP contribution in [0.2, 0.25) is 0 Å². The number of nitrogen functional groups attached to an aromatic ring is 1.